The van der Waals surface area contributed by atoms with E-state index in [0.717, 1.165) is 18.0 Å². The van der Waals surface area contributed by atoms with Crippen molar-refractivity contribution in [2.75, 3.05) is 5.32 Å². The van der Waals surface area contributed by atoms with Gasteiger partial charge in [-0.1, -0.05) is 0 Å². The minimum Gasteiger partial charge on any atom is -0.378 e. The third-order valence-corrected chi connectivity index (χ3v) is 3.32. The Balaban J connectivity index is 1.87. The average molecular weight is 300 g/mol. The lowest BCUT2D eigenvalue weighted by atomic mass is 10.2. The Kier molecular flexibility index (Phi) is 3.82. The van der Waals surface area contributed by atoms with Crippen LogP contribution < -0.4 is 5.32 Å². The van der Waals surface area contributed by atoms with Crippen molar-refractivity contribution in [3.8, 4) is 5.82 Å². The number of halogens is 2. The highest BCUT2D eigenvalue weighted by atomic mass is 19.1. The minimum absolute atomic E-state index is 0.163. The van der Waals surface area contributed by atoms with Crippen molar-refractivity contribution in [1.29, 1.82) is 0 Å². The first-order valence-corrected chi connectivity index (χ1v) is 6.78. The Hall–Kier alpha value is -2.76. The highest BCUT2D eigenvalue weighted by molar-refractivity contribution is 5.57. The second kappa shape index (κ2) is 5.93. The number of hydrogen-bond acceptors (Lipinski definition) is 3. The zero-order valence-corrected chi connectivity index (χ0v) is 11.9. The third kappa shape index (κ3) is 2.81. The number of aryl methyl sites for hydroxylation is 1. The van der Waals surface area contributed by atoms with Crippen LogP contribution in [0.25, 0.3) is 5.82 Å². The van der Waals surface area contributed by atoms with Crippen LogP contribution >= 0.6 is 0 Å². The fraction of sp³-hybridized carbons (Fsp3) is 0.125. The first-order chi connectivity index (χ1) is 10.6. The van der Waals surface area contributed by atoms with Crippen LogP contribution in [0.2, 0.25) is 0 Å². The maximum Gasteiger partial charge on any atom is 0.161 e. The smallest absolute Gasteiger partial charge is 0.161 e. The summed E-state index contributed by atoms with van der Waals surface area (Å²) < 4.78 is 28.7. The van der Waals surface area contributed by atoms with Crippen LogP contribution in [0.4, 0.5) is 14.5 Å². The van der Waals surface area contributed by atoms with Gasteiger partial charge in [-0.3, -0.25) is 4.57 Å². The van der Waals surface area contributed by atoms with E-state index in [2.05, 4.69) is 15.3 Å². The summed E-state index contributed by atoms with van der Waals surface area (Å²) >= 11 is 0. The van der Waals surface area contributed by atoms with E-state index in [0.29, 0.717) is 11.5 Å². The van der Waals surface area contributed by atoms with Gasteiger partial charge in [0.25, 0.3) is 0 Å². The van der Waals surface area contributed by atoms with Crippen LogP contribution in [-0.4, -0.2) is 14.5 Å². The van der Waals surface area contributed by atoms with Gasteiger partial charge >= 0.3 is 0 Å². The topological polar surface area (TPSA) is 42.7 Å². The molecule has 0 atom stereocenters. The molecule has 3 rings (SSSR count). The minimum atomic E-state index is -0.463. The van der Waals surface area contributed by atoms with Crippen molar-refractivity contribution in [3.63, 3.8) is 0 Å². The molecule has 2 heterocycles. The van der Waals surface area contributed by atoms with Crippen LogP contribution in [-0.2, 0) is 6.54 Å². The number of hydrogen-bond donors (Lipinski definition) is 1. The van der Waals surface area contributed by atoms with Crippen molar-refractivity contribution in [2.24, 2.45) is 0 Å². The lowest BCUT2D eigenvalue weighted by molar-refractivity contribution is 0.587. The second-order valence-corrected chi connectivity index (χ2v) is 4.81. The van der Waals surface area contributed by atoms with Crippen molar-refractivity contribution >= 4 is 5.69 Å². The summed E-state index contributed by atoms with van der Waals surface area (Å²) in [6.45, 7) is 2.03. The summed E-state index contributed by atoms with van der Waals surface area (Å²) in [5.74, 6) is 0.543. The van der Waals surface area contributed by atoms with Crippen molar-refractivity contribution in [2.45, 2.75) is 13.5 Å². The molecule has 0 aliphatic carbocycles. The number of benzene rings is 1. The maximum atomic E-state index is 13.7. The molecule has 3 aromatic rings. The molecule has 4 nitrogen and oxygen atoms in total. The van der Waals surface area contributed by atoms with Crippen LogP contribution in [0.3, 0.4) is 0 Å². The molecular formula is C16H14F2N4. The van der Waals surface area contributed by atoms with E-state index in [9.17, 15) is 8.78 Å². The molecule has 6 heteroatoms. The molecule has 0 bridgehead atoms. The molecule has 1 aromatic carbocycles. The third-order valence-electron chi connectivity index (χ3n) is 3.32. The second-order valence-electron chi connectivity index (χ2n) is 4.81. The summed E-state index contributed by atoms with van der Waals surface area (Å²) in [4.78, 5) is 8.49. The van der Waals surface area contributed by atoms with Gasteiger partial charge in [0.2, 0.25) is 0 Å². The van der Waals surface area contributed by atoms with Gasteiger partial charge in [0.1, 0.15) is 17.5 Å². The molecular weight excluding hydrogens is 286 g/mol. The number of imidazole rings is 1. The number of nitrogens with one attached hydrogen (secondary N) is 1. The van der Waals surface area contributed by atoms with Crippen LogP contribution in [0.5, 0.6) is 0 Å². The summed E-state index contributed by atoms with van der Waals surface area (Å²) in [7, 11) is 0. The first-order valence-electron chi connectivity index (χ1n) is 6.78. The van der Waals surface area contributed by atoms with Gasteiger partial charge in [-0.2, -0.15) is 0 Å². The Morgan fingerprint density at radius 2 is 2.00 bits per heavy atom. The monoisotopic (exact) mass is 300 g/mol. The lowest BCUT2D eigenvalue weighted by Crippen LogP contribution is -2.08. The quantitative estimate of drug-likeness (QED) is 0.802. The fourth-order valence-corrected chi connectivity index (χ4v) is 2.20. The van der Waals surface area contributed by atoms with Crippen molar-refractivity contribution in [3.05, 3.63) is 71.9 Å². The van der Waals surface area contributed by atoms with Gasteiger partial charge in [0.05, 0.1) is 5.69 Å². The molecule has 0 aliphatic heterocycles. The molecule has 0 amide bonds. The summed E-state index contributed by atoms with van der Waals surface area (Å²) in [6, 6.07) is 7.01. The SMILES string of the molecule is Cc1nccn1-c1ncccc1NCc1cc(F)ccc1F. The zero-order valence-electron chi connectivity index (χ0n) is 11.9. The fourth-order valence-electron chi connectivity index (χ4n) is 2.20. The highest BCUT2D eigenvalue weighted by Gasteiger charge is 2.09. The van der Waals surface area contributed by atoms with E-state index < -0.39 is 11.6 Å². The van der Waals surface area contributed by atoms with E-state index in [1.807, 2.05) is 17.6 Å². The Labute approximate surface area is 126 Å². The molecule has 0 unspecified atom stereocenters. The van der Waals surface area contributed by atoms with Crippen LogP contribution in [0.15, 0.2) is 48.9 Å². The van der Waals surface area contributed by atoms with E-state index in [-0.39, 0.29) is 12.1 Å². The van der Waals surface area contributed by atoms with E-state index in [1.54, 1.807) is 24.7 Å². The van der Waals surface area contributed by atoms with Gasteiger partial charge in [-0.25, -0.2) is 18.7 Å². The van der Waals surface area contributed by atoms with E-state index >= 15 is 0 Å². The first kappa shape index (κ1) is 14.2. The molecule has 22 heavy (non-hydrogen) atoms. The number of pyridine rings is 1. The predicted octanol–water partition coefficient (Wildman–Crippen LogP) is 3.47. The molecule has 0 saturated heterocycles. The predicted molar refractivity (Wildman–Crippen MR) is 79.8 cm³/mol. The van der Waals surface area contributed by atoms with Gasteiger partial charge in [0, 0.05) is 30.7 Å². The Morgan fingerprint density at radius 1 is 1.14 bits per heavy atom. The largest absolute Gasteiger partial charge is 0.378 e. The van der Waals surface area contributed by atoms with Crippen molar-refractivity contribution < 1.29 is 8.78 Å². The van der Waals surface area contributed by atoms with Crippen LogP contribution in [0, 0.1) is 18.6 Å². The molecule has 2 aromatic heterocycles. The van der Waals surface area contributed by atoms with E-state index in [4.69, 9.17) is 0 Å². The summed E-state index contributed by atoms with van der Waals surface area (Å²) in [6.07, 6.45) is 5.15. The summed E-state index contributed by atoms with van der Waals surface area (Å²) in [5, 5.41) is 3.10. The van der Waals surface area contributed by atoms with Crippen molar-refractivity contribution in [1.82, 2.24) is 14.5 Å². The molecule has 0 saturated carbocycles. The average Bonchev–Trinajstić information content (AvgIpc) is 2.94. The van der Waals surface area contributed by atoms with Crippen LogP contribution in [0.1, 0.15) is 11.4 Å². The summed E-state index contributed by atoms with van der Waals surface area (Å²) in [5.41, 5.74) is 0.976. The standard InChI is InChI=1S/C16H14F2N4/c1-11-19-7-8-22(11)16-15(3-2-6-20-16)21-10-12-9-13(17)4-5-14(12)18/h2-9,21H,10H2,1H3. The molecule has 0 fully saturated rings. The number of nitrogens with zero attached hydrogens (tertiary/aromatic N) is 3. The normalized spacial score (nSPS) is 10.7. The van der Waals surface area contributed by atoms with Gasteiger partial charge < -0.3 is 5.32 Å². The molecule has 0 spiro atoms. The molecule has 0 aliphatic rings. The molecule has 112 valence electrons. The maximum absolute atomic E-state index is 13.7. The number of anilines is 1. The molecule has 1 N–H and O–H groups in total. The highest BCUT2D eigenvalue weighted by Crippen LogP contribution is 2.20. The Morgan fingerprint density at radius 3 is 2.77 bits per heavy atom. The van der Waals surface area contributed by atoms with Gasteiger partial charge in [-0.15, -0.1) is 0 Å². The Bertz CT molecular complexity index is 798. The van der Waals surface area contributed by atoms with Gasteiger partial charge in [-0.05, 0) is 37.3 Å². The number of rotatable bonds is 4. The lowest BCUT2D eigenvalue weighted by Gasteiger charge is -2.13. The molecule has 0 radical (unpaired) electrons. The van der Waals surface area contributed by atoms with Gasteiger partial charge in [0.15, 0.2) is 5.82 Å². The van der Waals surface area contributed by atoms with E-state index in [1.165, 1.54) is 6.07 Å². The zero-order chi connectivity index (χ0) is 15.5. The number of aromatic nitrogens is 3.